The summed E-state index contributed by atoms with van der Waals surface area (Å²) in [6.07, 6.45) is 1.68. The standard InChI is InChI=1S/C12H14ClN3/c1-15(10-6-4-3-5-7-10)9-12-14-8-11(13)16(12)2/h3-8H,9H2,1-2H3. The third-order valence-corrected chi connectivity index (χ3v) is 2.95. The molecule has 0 N–H and O–H groups in total. The molecule has 0 aliphatic carbocycles. The smallest absolute Gasteiger partial charge is 0.129 e. The van der Waals surface area contributed by atoms with Crippen molar-refractivity contribution in [2.24, 2.45) is 7.05 Å². The molecule has 2 aromatic rings. The Kier molecular flexibility index (Phi) is 3.15. The van der Waals surface area contributed by atoms with Gasteiger partial charge in [-0.25, -0.2) is 4.98 Å². The van der Waals surface area contributed by atoms with Crippen molar-refractivity contribution in [3.8, 4) is 0 Å². The Morgan fingerprint density at radius 1 is 1.31 bits per heavy atom. The molecule has 0 aliphatic rings. The van der Waals surface area contributed by atoms with Crippen LogP contribution in [0.3, 0.4) is 0 Å². The van der Waals surface area contributed by atoms with E-state index in [1.165, 1.54) is 5.69 Å². The van der Waals surface area contributed by atoms with E-state index in [1.807, 2.05) is 36.9 Å². The Balaban J connectivity index is 2.14. The summed E-state index contributed by atoms with van der Waals surface area (Å²) in [6, 6.07) is 10.2. The van der Waals surface area contributed by atoms with E-state index >= 15 is 0 Å². The van der Waals surface area contributed by atoms with E-state index in [1.54, 1.807) is 6.20 Å². The summed E-state index contributed by atoms with van der Waals surface area (Å²) in [4.78, 5) is 6.41. The lowest BCUT2D eigenvalue weighted by Gasteiger charge is -2.18. The quantitative estimate of drug-likeness (QED) is 0.816. The molecule has 0 amide bonds. The van der Waals surface area contributed by atoms with Gasteiger partial charge < -0.3 is 9.47 Å². The number of benzene rings is 1. The molecule has 84 valence electrons. The van der Waals surface area contributed by atoms with Crippen LogP contribution < -0.4 is 4.90 Å². The van der Waals surface area contributed by atoms with Crippen molar-refractivity contribution in [1.82, 2.24) is 9.55 Å². The van der Waals surface area contributed by atoms with Crippen LogP contribution in [0.15, 0.2) is 36.5 Å². The first-order valence-corrected chi connectivity index (χ1v) is 5.48. The van der Waals surface area contributed by atoms with E-state index in [2.05, 4.69) is 22.0 Å². The first-order valence-electron chi connectivity index (χ1n) is 5.11. The predicted octanol–water partition coefficient (Wildman–Crippen LogP) is 2.71. The molecular formula is C12H14ClN3. The van der Waals surface area contributed by atoms with Crippen LogP contribution in [0, 0.1) is 0 Å². The molecule has 0 saturated heterocycles. The molecule has 0 unspecified atom stereocenters. The summed E-state index contributed by atoms with van der Waals surface area (Å²) in [5, 5.41) is 0.663. The minimum atomic E-state index is 0.663. The van der Waals surface area contributed by atoms with Gasteiger partial charge >= 0.3 is 0 Å². The summed E-state index contributed by atoms with van der Waals surface area (Å²) in [5.41, 5.74) is 1.17. The molecule has 4 heteroatoms. The second-order valence-corrected chi connectivity index (χ2v) is 4.14. The topological polar surface area (TPSA) is 21.1 Å². The van der Waals surface area contributed by atoms with Gasteiger partial charge in [-0.15, -0.1) is 0 Å². The average molecular weight is 236 g/mol. The van der Waals surface area contributed by atoms with Gasteiger partial charge in [0, 0.05) is 19.8 Å². The molecule has 0 fully saturated rings. The SMILES string of the molecule is CN(Cc1ncc(Cl)n1C)c1ccccc1. The Hall–Kier alpha value is -1.48. The zero-order chi connectivity index (χ0) is 11.5. The maximum Gasteiger partial charge on any atom is 0.129 e. The van der Waals surface area contributed by atoms with Crippen LogP contribution in [0.25, 0.3) is 0 Å². The van der Waals surface area contributed by atoms with Crippen LogP contribution in [-0.4, -0.2) is 16.6 Å². The van der Waals surface area contributed by atoms with Crippen LogP contribution in [0.5, 0.6) is 0 Å². The van der Waals surface area contributed by atoms with E-state index in [0.717, 1.165) is 12.4 Å². The summed E-state index contributed by atoms with van der Waals surface area (Å²) in [7, 11) is 3.96. The highest BCUT2D eigenvalue weighted by Gasteiger charge is 2.07. The lowest BCUT2D eigenvalue weighted by Crippen LogP contribution is -2.18. The Morgan fingerprint density at radius 2 is 2.00 bits per heavy atom. The van der Waals surface area contributed by atoms with Crippen LogP contribution in [-0.2, 0) is 13.6 Å². The molecule has 2 rings (SSSR count). The molecule has 0 atom stereocenters. The van der Waals surface area contributed by atoms with E-state index in [9.17, 15) is 0 Å². The van der Waals surface area contributed by atoms with Gasteiger partial charge in [0.15, 0.2) is 0 Å². The Bertz CT molecular complexity index is 464. The van der Waals surface area contributed by atoms with Crippen LogP contribution in [0.1, 0.15) is 5.82 Å². The van der Waals surface area contributed by atoms with Crippen LogP contribution in [0.4, 0.5) is 5.69 Å². The van der Waals surface area contributed by atoms with Crippen LogP contribution >= 0.6 is 11.6 Å². The van der Waals surface area contributed by atoms with Crippen molar-refractivity contribution in [3.05, 3.63) is 47.5 Å². The lowest BCUT2D eigenvalue weighted by atomic mass is 10.3. The molecule has 1 aromatic heterocycles. The highest BCUT2D eigenvalue weighted by atomic mass is 35.5. The normalized spacial score (nSPS) is 10.4. The zero-order valence-corrected chi connectivity index (χ0v) is 10.1. The van der Waals surface area contributed by atoms with Gasteiger partial charge in [0.25, 0.3) is 0 Å². The highest BCUT2D eigenvalue weighted by Crippen LogP contribution is 2.15. The fourth-order valence-corrected chi connectivity index (χ4v) is 1.70. The fraction of sp³-hybridized carbons (Fsp3) is 0.250. The zero-order valence-electron chi connectivity index (χ0n) is 9.39. The van der Waals surface area contributed by atoms with Crippen molar-refractivity contribution < 1.29 is 0 Å². The summed E-state index contributed by atoms with van der Waals surface area (Å²) in [5.74, 6) is 0.955. The number of imidazole rings is 1. The number of anilines is 1. The predicted molar refractivity (Wildman–Crippen MR) is 66.8 cm³/mol. The molecule has 16 heavy (non-hydrogen) atoms. The van der Waals surface area contributed by atoms with E-state index in [4.69, 9.17) is 11.6 Å². The summed E-state index contributed by atoms with van der Waals surface area (Å²) >= 11 is 5.94. The minimum absolute atomic E-state index is 0.663. The molecule has 1 heterocycles. The molecular weight excluding hydrogens is 222 g/mol. The third-order valence-electron chi connectivity index (χ3n) is 2.60. The highest BCUT2D eigenvalue weighted by molar-refractivity contribution is 6.29. The Labute approximate surface area is 100 Å². The number of para-hydroxylation sites is 1. The fourth-order valence-electron chi connectivity index (χ4n) is 1.56. The third kappa shape index (κ3) is 2.19. The number of rotatable bonds is 3. The van der Waals surface area contributed by atoms with Gasteiger partial charge in [-0.1, -0.05) is 29.8 Å². The second kappa shape index (κ2) is 4.58. The number of aromatic nitrogens is 2. The molecule has 3 nitrogen and oxygen atoms in total. The molecule has 0 spiro atoms. The summed E-state index contributed by atoms with van der Waals surface area (Å²) < 4.78 is 1.89. The van der Waals surface area contributed by atoms with E-state index < -0.39 is 0 Å². The van der Waals surface area contributed by atoms with E-state index in [-0.39, 0.29) is 0 Å². The minimum Gasteiger partial charge on any atom is -0.367 e. The molecule has 0 radical (unpaired) electrons. The molecule has 0 saturated carbocycles. The lowest BCUT2D eigenvalue weighted by molar-refractivity contribution is 0.762. The first-order chi connectivity index (χ1) is 7.68. The van der Waals surface area contributed by atoms with Crippen molar-refractivity contribution in [3.63, 3.8) is 0 Å². The molecule has 1 aromatic carbocycles. The van der Waals surface area contributed by atoms with Crippen molar-refractivity contribution in [1.29, 1.82) is 0 Å². The summed E-state index contributed by atoms with van der Waals surface area (Å²) in [6.45, 7) is 0.743. The van der Waals surface area contributed by atoms with Gasteiger partial charge in [-0.3, -0.25) is 0 Å². The van der Waals surface area contributed by atoms with Crippen molar-refractivity contribution >= 4 is 17.3 Å². The second-order valence-electron chi connectivity index (χ2n) is 3.75. The number of hydrogen-bond donors (Lipinski definition) is 0. The van der Waals surface area contributed by atoms with Crippen molar-refractivity contribution in [2.45, 2.75) is 6.54 Å². The monoisotopic (exact) mass is 235 g/mol. The van der Waals surface area contributed by atoms with Gasteiger partial charge in [0.05, 0.1) is 12.7 Å². The molecule has 0 bridgehead atoms. The van der Waals surface area contributed by atoms with Gasteiger partial charge in [-0.2, -0.15) is 0 Å². The molecule has 0 aliphatic heterocycles. The first kappa shape index (κ1) is 11.0. The number of hydrogen-bond acceptors (Lipinski definition) is 2. The maximum atomic E-state index is 5.94. The van der Waals surface area contributed by atoms with Gasteiger partial charge in [-0.05, 0) is 12.1 Å². The number of nitrogens with zero attached hydrogens (tertiary/aromatic N) is 3. The van der Waals surface area contributed by atoms with Crippen LogP contribution in [0.2, 0.25) is 5.15 Å². The van der Waals surface area contributed by atoms with Gasteiger partial charge in [0.2, 0.25) is 0 Å². The maximum absolute atomic E-state index is 5.94. The van der Waals surface area contributed by atoms with E-state index in [0.29, 0.717) is 5.15 Å². The average Bonchev–Trinajstić information content (AvgIpc) is 2.62. The largest absolute Gasteiger partial charge is 0.367 e. The van der Waals surface area contributed by atoms with Crippen molar-refractivity contribution in [2.75, 3.05) is 11.9 Å². The number of halogens is 1. The Morgan fingerprint density at radius 3 is 2.56 bits per heavy atom. The van der Waals surface area contributed by atoms with Gasteiger partial charge in [0.1, 0.15) is 11.0 Å².